The van der Waals surface area contributed by atoms with E-state index in [9.17, 15) is 17.2 Å². The summed E-state index contributed by atoms with van der Waals surface area (Å²) in [6.45, 7) is 0.0577. The van der Waals surface area contributed by atoms with Crippen LogP contribution in [0.25, 0.3) is 22.6 Å². The number of rotatable bonds is 3. The van der Waals surface area contributed by atoms with Gasteiger partial charge in [0.05, 0.1) is 24.3 Å². The fourth-order valence-electron chi connectivity index (χ4n) is 3.21. The maximum absolute atomic E-state index is 14.1. The van der Waals surface area contributed by atoms with Gasteiger partial charge in [0, 0.05) is 12.6 Å². The molecule has 3 aromatic heterocycles. The van der Waals surface area contributed by atoms with E-state index >= 15 is 0 Å². The Kier molecular flexibility index (Phi) is 3.93. The summed E-state index contributed by atoms with van der Waals surface area (Å²) in [7, 11) is -2.36. The first-order chi connectivity index (χ1) is 14.3. The second-order valence-electron chi connectivity index (χ2n) is 6.62. The minimum atomic E-state index is -3.73. The summed E-state index contributed by atoms with van der Waals surface area (Å²) in [6, 6.07) is 7.46. The van der Waals surface area contributed by atoms with Crippen molar-refractivity contribution in [1.29, 1.82) is 0 Å². The van der Waals surface area contributed by atoms with Crippen LogP contribution in [0.4, 0.5) is 20.3 Å². The molecular formula is C18H13F2N7O2S. The van der Waals surface area contributed by atoms with Gasteiger partial charge in [0.1, 0.15) is 23.0 Å². The van der Waals surface area contributed by atoms with Gasteiger partial charge in [-0.3, -0.25) is 4.31 Å². The first kappa shape index (κ1) is 18.4. The van der Waals surface area contributed by atoms with Crippen LogP contribution >= 0.6 is 0 Å². The normalized spacial score (nSPS) is 14.7. The fourth-order valence-corrected chi connectivity index (χ4v) is 4.14. The van der Waals surface area contributed by atoms with Crippen LogP contribution in [0.5, 0.6) is 0 Å². The van der Waals surface area contributed by atoms with E-state index in [0.717, 1.165) is 10.5 Å². The molecule has 1 aliphatic rings. The molecule has 0 fully saturated rings. The molecule has 0 amide bonds. The van der Waals surface area contributed by atoms with E-state index in [0.29, 0.717) is 16.6 Å². The van der Waals surface area contributed by atoms with E-state index in [-0.39, 0.29) is 29.6 Å². The molecule has 0 saturated heterocycles. The van der Waals surface area contributed by atoms with Gasteiger partial charge in [-0.05, 0) is 12.1 Å². The minimum Gasteiger partial charge on any atom is -0.251 e. The number of nitrogens with zero attached hydrogens (tertiary/aromatic N) is 6. The molecule has 0 saturated carbocycles. The number of hydrogen-bond acceptors (Lipinski definition) is 6. The van der Waals surface area contributed by atoms with E-state index in [1.54, 1.807) is 18.2 Å². The Labute approximate surface area is 169 Å². The molecule has 4 aromatic rings. The molecule has 1 aromatic carbocycles. The standard InChI is InChI=1S/C18H13F2N7O2S/c1-26-14-8-21-17(23-16(14)25-30(26,28)29)15-12-6-11(19)7-22-18(12)27(24-15)9-10-4-2-3-5-13(10)20/h2-8H,9H2,1H3,(H,21,23,25). The Hall–Kier alpha value is -3.67. The van der Waals surface area contributed by atoms with Crippen molar-refractivity contribution in [2.75, 3.05) is 16.1 Å². The lowest BCUT2D eigenvalue weighted by Crippen LogP contribution is -2.25. The van der Waals surface area contributed by atoms with Crippen molar-refractivity contribution in [2.45, 2.75) is 6.54 Å². The first-order valence-corrected chi connectivity index (χ1v) is 10.2. The van der Waals surface area contributed by atoms with Crippen LogP contribution in [0.15, 0.2) is 42.7 Å². The molecule has 0 atom stereocenters. The number of benzene rings is 1. The van der Waals surface area contributed by atoms with E-state index < -0.39 is 21.8 Å². The fraction of sp³-hybridized carbons (Fsp3) is 0.111. The van der Waals surface area contributed by atoms with Crippen LogP contribution in [-0.4, -0.2) is 40.2 Å². The van der Waals surface area contributed by atoms with Crippen molar-refractivity contribution >= 4 is 32.7 Å². The molecule has 0 bridgehead atoms. The average molecular weight is 429 g/mol. The predicted molar refractivity (Wildman–Crippen MR) is 105 cm³/mol. The van der Waals surface area contributed by atoms with Crippen molar-refractivity contribution in [1.82, 2.24) is 24.7 Å². The van der Waals surface area contributed by atoms with E-state index in [1.165, 1.54) is 30.1 Å². The number of fused-ring (bicyclic) bond motifs is 2. The maximum Gasteiger partial charge on any atom is 0.325 e. The van der Waals surface area contributed by atoms with Gasteiger partial charge in [-0.1, -0.05) is 18.2 Å². The zero-order chi connectivity index (χ0) is 21.0. The lowest BCUT2D eigenvalue weighted by molar-refractivity contribution is 0.588. The predicted octanol–water partition coefficient (Wildman–Crippen LogP) is 2.32. The van der Waals surface area contributed by atoms with Crippen molar-refractivity contribution in [3.8, 4) is 11.5 Å². The number of anilines is 2. The Morgan fingerprint density at radius 1 is 1.13 bits per heavy atom. The second-order valence-corrected chi connectivity index (χ2v) is 8.33. The highest BCUT2D eigenvalue weighted by atomic mass is 32.2. The molecule has 0 spiro atoms. The monoisotopic (exact) mass is 429 g/mol. The van der Waals surface area contributed by atoms with E-state index in [2.05, 4.69) is 24.8 Å². The van der Waals surface area contributed by atoms with E-state index in [4.69, 9.17) is 0 Å². The molecule has 12 heteroatoms. The summed E-state index contributed by atoms with van der Waals surface area (Å²) >= 11 is 0. The van der Waals surface area contributed by atoms with Gasteiger partial charge in [-0.15, -0.1) is 0 Å². The number of nitrogens with one attached hydrogen (secondary N) is 1. The van der Waals surface area contributed by atoms with Crippen LogP contribution in [0, 0.1) is 11.6 Å². The highest BCUT2D eigenvalue weighted by Gasteiger charge is 2.32. The van der Waals surface area contributed by atoms with Crippen molar-refractivity contribution in [2.24, 2.45) is 0 Å². The van der Waals surface area contributed by atoms with Crippen molar-refractivity contribution in [3.05, 3.63) is 59.9 Å². The molecule has 152 valence electrons. The topological polar surface area (TPSA) is 106 Å². The van der Waals surface area contributed by atoms with Crippen LogP contribution in [-0.2, 0) is 16.8 Å². The molecule has 4 heterocycles. The molecule has 0 unspecified atom stereocenters. The van der Waals surface area contributed by atoms with Gasteiger partial charge >= 0.3 is 10.2 Å². The molecular weight excluding hydrogens is 416 g/mol. The minimum absolute atomic E-state index is 0.0577. The summed E-state index contributed by atoms with van der Waals surface area (Å²) in [5.74, 6) is -0.827. The number of halogens is 2. The van der Waals surface area contributed by atoms with Gasteiger partial charge in [-0.2, -0.15) is 13.5 Å². The third-order valence-corrected chi connectivity index (χ3v) is 6.11. The summed E-state index contributed by atoms with van der Waals surface area (Å²) < 4.78 is 56.8. The molecule has 5 rings (SSSR count). The SMILES string of the molecule is CN1c2cnc(-c3nn(Cc4ccccc4F)c4ncc(F)cc34)nc2NS1(=O)=O. The molecule has 1 aliphatic heterocycles. The number of pyridine rings is 1. The molecule has 1 N–H and O–H groups in total. The lowest BCUT2D eigenvalue weighted by Gasteiger charge is -2.07. The zero-order valence-electron chi connectivity index (χ0n) is 15.4. The highest BCUT2D eigenvalue weighted by Crippen LogP contribution is 2.34. The molecule has 0 radical (unpaired) electrons. The second kappa shape index (κ2) is 6.42. The molecule has 9 nitrogen and oxygen atoms in total. The Balaban J connectivity index is 1.66. The van der Waals surface area contributed by atoms with Gasteiger partial charge in [0.15, 0.2) is 17.3 Å². The van der Waals surface area contributed by atoms with Crippen molar-refractivity contribution in [3.63, 3.8) is 0 Å². The Morgan fingerprint density at radius 2 is 1.93 bits per heavy atom. The van der Waals surface area contributed by atoms with Crippen LogP contribution in [0.1, 0.15) is 5.56 Å². The quantitative estimate of drug-likeness (QED) is 0.536. The summed E-state index contributed by atoms with van der Waals surface area (Å²) in [6.07, 6.45) is 2.38. The lowest BCUT2D eigenvalue weighted by atomic mass is 10.2. The first-order valence-electron chi connectivity index (χ1n) is 8.73. The third kappa shape index (κ3) is 2.84. The average Bonchev–Trinajstić information content (AvgIpc) is 3.17. The molecule has 30 heavy (non-hydrogen) atoms. The van der Waals surface area contributed by atoms with Gasteiger partial charge in [0.2, 0.25) is 0 Å². The summed E-state index contributed by atoms with van der Waals surface area (Å²) in [5.41, 5.74) is 1.17. The van der Waals surface area contributed by atoms with Gasteiger partial charge in [0.25, 0.3) is 0 Å². The van der Waals surface area contributed by atoms with E-state index in [1.807, 2.05) is 0 Å². The Morgan fingerprint density at radius 3 is 2.73 bits per heavy atom. The number of aromatic nitrogens is 5. The van der Waals surface area contributed by atoms with Gasteiger partial charge < -0.3 is 0 Å². The molecule has 0 aliphatic carbocycles. The summed E-state index contributed by atoms with van der Waals surface area (Å²) in [5, 5.41) is 4.74. The largest absolute Gasteiger partial charge is 0.325 e. The zero-order valence-corrected chi connectivity index (χ0v) is 16.2. The summed E-state index contributed by atoms with van der Waals surface area (Å²) in [4.78, 5) is 12.5. The third-order valence-electron chi connectivity index (χ3n) is 4.74. The van der Waals surface area contributed by atoms with Crippen molar-refractivity contribution < 1.29 is 17.2 Å². The van der Waals surface area contributed by atoms with Crippen LogP contribution < -0.4 is 9.03 Å². The highest BCUT2D eigenvalue weighted by molar-refractivity contribution is 7.94. The van der Waals surface area contributed by atoms with Crippen LogP contribution in [0.2, 0.25) is 0 Å². The number of hydrogen-bond donors (Lipinski definition) is 1. The smallest absolute Gasteiger partial charge is 0.251 e. The maximum atomic E-state index is 14.1. The van der Waals surface area contributed by atoms with Crippen LogP contribution in [0.3, 0.4) is 0 Å². The Bertz CT molecular complexity index is 1420. The van der Waals surface area contributed by atoms with Gasteiger partial charge in [-0.25, -0.2) is 33.1 Å².